The average molecular weight is 286 g/mol. The molecule has 1 saturated carbocycles. The third-order valence-electron chi connectivity index (χ3n) is 3.12. The SMILES string of the molecule is CCOC(=O)[C@H]1CC[C@@H](NNC(=O)OC(C)(C)C)CC1. The normalized spacial score (nSPS) is 23.0. The molecule has 0 heterocycles. The van der Waals surface area contributed by atoms with Crippen LogP contribution in [0.15, 0.2) is 0 Å². The molecule has 0 atom stereocenters. The van der Waals surface area contributed by atoms with E-state index in [-0.39, 0.29) is 17.9 Å². The molecule has 0 unspecified atom stereocenters. The summed E-state index contributed by atoms with van der Waals surface area (Å²) in [6.07, 6.45) is 2.75. The molecule has 2 N–H and O–H groups in total. The zero-order chi connectivity index (χ0) is 15.2. The third-order valence-corrected chi connectivity index (χ3v) is 3.12. The number of rotatable bonds is 4. The molecule has 1 amide bonds. The Morgan fingerprint density at radius 3 is 2.25 bits per heavy atom. The molecule has 1 aliphatic rings. The number of hydrogen-bond acceptors (Lipinski definition) is 5. The Morgan fingerprint density at radius 1 is 1.15 bits per heavy atom. The van der Waals surface area contributed by atoms with Crippen LogP contribution in [0.1, 0.15) is 53.4 Å². The summed E-state index contributed by atoms with van der Waals surface area (Å²) in [6.45, 7) is 7.69. The molecule has 0 spiro atoms. The number of carbonyl (C=O) groups is 2. The van der Waals surface area contributed by atoms with Crippen LogP contribution in [0.4, 0.5) is 4.79 Å². The topological polar surface area (TPSA) is 76.7 Å². The van der Waals surface area contributed by atoms with Crippen LogP contribution in [0.3, 0.4) is 0 Å². The van der Waals surface area contributed by atoms with E-state index in [9.17, 15) is 9.59 Å². The minimum atomic E-state index is -0.507. The molecule has 0 bridgehead atoms. The third kappa shape index (κ3) is 6.23. The lowest BCUT2D eigenvalue weighted by molar-refractivity contribution is -0.149. The van der Waals surface area contributed by atoms with Gasteiger partial charge in [-0.15, -0.1) is 0 Å². The van der Waals surface area contributed by atoms with Gasteiger partial charge in [-0.05, 0) is 53.4 Å². The van der Waals surface area contributed by atoms with Gasteiger partial charge in [0.1, 0.15) is 5.60 Å². The number of nitrogens with one attached hydrogen (secondary N) is 2. The smallest absolute Gasteiger partial charge is 0.422 e. The first kappa shape index (κ1) is 16.8. The molecular formula is C14H26N2O4. The minimum Gasteiger partial charge on any atom is -0.466 e. The van der Waals surface area contributed by atoms with Gasteiger partial charge in [-0.25, -0.2) is 10.2 Å². The summed E-state index contributed by atoms with van der Waals surface area (Å²) >= 11 is 0. The van der Waals surface area contributed by atoms with Crippen molar-refractivity contribution in [2.75, 3.05) is 6.61 Å². The monoisotopic (exact) mass is 286 g/mol. The molecule has 0 saturated heterocycles. The van der Waals surface area contributed by atoms with Gasteiger partial charge < -0.3 is 9.47 Å². The van der Waals surface area contributed by atoms with E-state index in [1.165, 1.54) is 0 Å². The number of esters is 1. The van der Waals surface area contributed by atoms with Crippen LogP contribution in [-0.4, -0.2) is 30.3 Å². The fraction of sp³-hybridized carbons (Fsp3) is 0.857. The van der Waals surface area contributed by atoms with Crippen molar-refractivity contribution in [1.29, 1.82) is 0 Å². The van der Waals surface area contributed by atoms with Gasteiger partial charge in [0.2, 0.25) is 0 Å². The molecule has 116 valence electrons. The molecule has 1 aliphatic carbocycles. The summed E-state index contributed by atoms with van der Waals surface area (Å²) in [5.74, 6) is -0.111. The Labute approximate surface area is 120 Å². The summed E-state index contributed by atoms with van der Waals surface area (Å²) in [7, 11) is 0. The highest BCUT2D eigenvalue weighted by Gasteiger charge is 2.27. The lowest BCUT2D eigenvalue weighted by atomic mass is 9.86. The summed E-state index contributed by atoms with van der Waals surface area (Å²) < 4.78 is 10.2. The van der Waals surface area contributed by atoms with E-state index in [1.807, 2.05) is 27.7 Å². The second kappa shape index (κ2) is 7.47. The van der Waals surface area contributed by atoms with Crippen LogP contribution in [0.5, 0.6) is 0 Å². The van der Waals surface area contributed by atoms with E-state index in [0.29, 0.717) is 6.61 Å². The van der Waals surface area contributed by atoms with Gasteiger partial charge in [0.25, 0.3) is 0 Å². The summed E-state index contributed by atoms with van der Waals surface area (Å²) in [5.41, 5.74) is 5.00. The number of ether oxygens (including phenoxy) is 2. The van der Waals surface area contributed by atoms with Crippen LogP contribution in [0.25, 0.3) is 0 Å². The molecule has 0 aromatic heterocycles. The van der Waals surface area contributed by atoms with Gasteiger partial charge in [-0.1, -0.05) is 0 Å². The van der Waals surface area contributed by atoms with Crippen LogP contribution < -0.4 is 10.9 Å². The molecule has 6 heteroatoms. The molecule has 0 aromatic carbocycles. The zero-order valence-electron chi connectivity index (χ0n) is 12.8. The first-order valence-corrected chi connectivity index (χ1v) is 7.23. The summed E-state index contributed by atoms with van der Waals surface area (Å²) in [5, 5.41) is 0. The number of carbonyl (C=O) groups excluding carboxylic acids is 2. The maximum absolute atomic E-state index is 11.6. The Balaban J connectivity index is 2.23. The van der Waals surface area contributed by atoms with Crippen molar-refractivity contribution in [2.45, 2.75) is 65.0 Å². The van der Waals surface area contributed by atoms with Gasteiger partial charge in [0.15, 0.2) is 0 Å². The van der Waals surface area contributed by atoms with Gasteiger partial charge in [0, 0.05) is 6.04 Å². The molecule has 20 heavy (non-hydrogen) atoms. The van der Waals surface area contributed by atoms with E-state index < -0.39 is 11.7 Å². The van der Waals surface area contributed by atoms with Crippen LogP contribution in [0.2, 0.25) is 0 Å². The summed E-state index contributed by atoms with van der Waals surface area (Å²) in [6, 6.07) is 0.174. The van der Waals surface area contributed by atoms with Crippen molar-refractivity contribution in [2.24, 2.45) is 5.92 Å². The van der Waals surface area contributed by atoms with E-state index in [0.717, 1.165) is 25.7 Å². The van der Waals surface area contributed by atoms with Gasteiger partial charge >= 0.3 is 12.1 Å². The average Bonchev–Trinajstić information content (AvgIpc) is 2.35. The predicted molar refractivity (Wildman–Crippen MR) is 74.9 cm³/mol. The van der Waals surface area contributed by atoms with Crippen molar-refractivity contribution < 1.29 is 19.1 Å². The second-order valence-electron chi connectivity index (χ2n) is 6.07. The Morgan fingerprint density at radius 2 is 1.75 bits per heavy atom. The molecule has 0 radical (unpaired) electrons. The lowest BCUT2D eigenvalue weighted by Crippen LogP contribution is -2.47. The number of hydrogen-bond donors (Lipinski definition) is 2. The van der Waals surface area contributed by atoms with Crippen molar-refractivity contribution in [3.63, 3.8) is 0 Å². The minimum absolute atomic E-state index is 0.00507. The highest BCUT2D eigenvalue weighted by atomic mass is 16.6. The Bertz CT molecular complexity index is 331. The molecule has 6 nitrogen and oxygen atoms in total. The highest BCUT2D eigenvalue weighted by molar-refractivity contribution is 5.72. The molecule has 1 fully saturated rings. The van der Waals surface area contributed by atoms with E-state index in [4.69, 9.17) is 9.47 Å². The first-order chi connectivity index (χ1) is 9.31. The maximum Gasteiger partial charge on any atom is 0.422 e. The van der Waals surface area contributed by atoms with Gasteiger partial charge in [0.05, 0.1) is 12.5 Å². The second-order valence-corrected chi connectivity index (χ2v) is 6.07. The predicted octanol–water partition coefficient (Wildman–Crippen LogP) is 2.14. The van der Waals surface area contributed by atoms with E-state index >= 15 is 0 Å². The Hall–Kier alpha value is -1.30. The fourth-order valence-corrected chi connectivity index (χ4v) is 2.20. The quantitative estimate of drug-likeness (QED) is 0.611. The van der Waals surface area contributed by atoms with Crippen LogP contribution >= 0.6 is 0 Å². The van der Waals surface area contributed by atoms with Gasteiger partial charge in [-0.3, -0.25) is 10.2 Å². The molecule has 0 aliphatic heterocycles. The number of hydrazine groups is 1. The van der Waals surface area contributed by atoms with E-state index in [2.05, 4.69) is 10.9 Å². The van der Waals surface area contributed by atoms with Crippen molar-refractivity contribution in [3.8, 4) is 0 Å². The van der Waals surface area contributed by atoms with Crippen LogP contribution in [0, 0.1) is 5.92 Å². The molecular weight excluding hydrogens is 260 g/mol. The fourth-order valence-electron chi connectivity index (χ4n) is 2.20. The van der Waals surface area contributed by atoms with Crippen molar-refractivity contribution in [3.05, 3.63) is 0 Å². The zero-order valence-corrected chi connectivity index (χ0v) is 12.8. The highest BCUT2D eigenvalue weighted by Crippen LogP contribution is 2.25. The maximum atomic E-state index is 11.6. The van der Waals surface area contributed by atoms with Gasteiger partial charge in [-0.2, -0.15) is 0 Å². The lowest BCUT2D eigenvalue weighted by Gasteiger charge is -2.28. The van der Waals surface area contributed by atoms with Crippen molar-refractivity contribution in [1.82, 2.24) is 10.9 Å². The largest absolute Gasteiger partial charge is 0.466 e. The standard InChI is InChI=1S/C14H26N2O4/c1-5-19-12(17)10-6-8-11(9-7-10)15-16-13(18)20-14(2,3)4/h10-11,15H,5-9H2,1-4H3,(H,16,18)/t10-,11+. The number of amides is 1. The van der Waals surface area contributed by atoms with Crippen molar-refractivity contribution >= 4 is 12.1 Å². The first-order valence-electron chi connectivity index (χ1n) is 7.23. The molecule has 1 rings (SSSR count). The molecule has 0 aromatic rings. The summed E-state index contributed by atoms with van der Waals surface area (Å²) in [4.78, 5) is 23.1. The Kier molecular flexibility index (Phi) is 6.26. The van der Waals surface area contributed by atoms with Crippen LogP contribution in [-0.2, 0) is 14.3 Å². The van der Waals surface area contributed by atoms with E-state index in [1.54, 1.807) is 0 Å².